The molecule has 0 radical (unpaired) electrons. The van der Waals surface area contributed by atoms with Crippen LogP contribution in [-0.2, 0) is 11.3 Å². The van der Waals surface area contributed by atoms with E-state index >= 15 is 0 Å². The molecule has 0 saturated heterocycles. The lowest BCUT2D eigenvalue weighted by molar-refractivity contribution is 0.0942. The molecule has 1 N–H and O–H groups in total. The van der Waals surface area contributed by atoms with Crippen LogP contribution in [-0.4, -0.2) is 28.0 Å². The van der Waals surface area contributed by atoms with Gasteiger partial charge in [-0.3, -0.25) is 4.21 Å². The Hall–Kier alpha value is -0.820. The normalized spacial score (nSPS) is 20.5. The van der Waals surface area contributed by atoms with Gasteiger partial charge in [-0.1, -0.05) is 11.6 Å². The second-order valence-electron chi connectivity index (χ2n) is 3.23. The van der Waals surface area contributed by atoms with Crippen LogP contribution in [0.1, 0.15) is 0 Å². The minimum absolute atomic E-state index is 0.179. The van der Waals surface area contributed by atoms with Crippen molar-refractivity contribution in [1.29, 1.82) is 0 Å². The van der Waals surface area contributed by atoms with E-state index in [1.54, 1.807) is 18.2 Å². The molecule has 0 saturated carbocycles. The molecule has 5 nitrogen and oxygen atoms in total. The van der Waals surface area contributed by atoms with Crippen molar-refractivity contribution < 1.29 is 18.2 Å². The predicted molar refractivity (Wildman–Crippen MR) is 58.3 cm³/mol. The van der Waals surface area contributed by atoms with Gasteiger partial charge in [0.05, 0.1) is 0 Å². The van der Waals surface area contributed by atoms with E-state index in [1.807, 2.05) is 0 Å². The Kier molecular flexibility index (Phi) is 3.65. The third kappa shape index (κ3) is 2.85. The van der Waals surface area contributed by atoms with Crippen LogP contribution in [0.15, 0.2) is 18.2 Å². The third-order valence-corrected chi connectivity index (χ3v) is 2.69. The van der Waals surface area contributed by atoms with Gasteiger partial charge in [0.15, 0.2) is 11.5 Å². The molecular weight excluding hydrogens is 254 g/mol. The monoisotopic (exact) mass is 262 g/mol. The maximum atomic E-state index is 10.3. The summed E-state index contributed by atoms with van der Waals surface area (Å²) in [4.78, 5) is 0. The van der Waals surface area contributed by atoms with Gasteiger partial charge < -0.3 is 14.0 Å². The first kappa shape index (κ1) is 11.7. The van der Waals surface area contributed by atoms with Gasteiger partial charge >= 0.3 is 0 Å². The molecule has 1 aliphatic heterocycles. The number of rotatable bonds is 3. The van der Waals surface area contributed by atoms with E-state index in [2.05, 4.69) is 4.72 Å². The summed E-state index contributed by atoms with van der Waals surface area (Å²) in [6.07, 6.45) is -0.327. The first-order valence-electron chi connectivity index (χ1n) is 4.57. The molecule has 1 aromatic rings. The number of benzene rings is 1. The first-order valence-corrected chi connectivity index (χ1v) is 6.02. The van der Waals surface area contributed by atoms with Crippen LogP contribution < -0.4 is 14.2 Å². The first-order chi connectivity index (χ1) is 7.65. The quantitative estimate of drug-likeness (QED) is 0.821. The highest BCUT2D eigenvalue weighted by Gasteiger charge is 2.20. The maximum Gasteiger partial charge on any atom is 0.162 e. The Labute approximate surface area is 100 Å². The number of fused-ring (bicyclic) bond motifs is 1. The van der Waals surface area contributed by atoms with Gasteiger partial charge in [0.2, 0.25) is 0 Å². The standard InChI is InChI=1S/C9H10ClNO4S/c10-6-1-2-8-9(3-6)14-5-7(15-8)4-11-16(12)13/h1-3,7,11H,4-5H2,(H,12,13)/p-1/t7-/m0/s1. The molecular formula is C9H9ClNO4S-. The van der Waals surface area contributed by atoms with Crippen molar-refractivity contribution in [3.63, 3.8) is 0 Å². The topological polar surface area (TPSA) is 70.6 Å². The number of hydrogen-bond acceptors (Lipinski definition) is 4. The number of nitrogens with one attached hydrogen (secondary N) is 1. The minimum atomic E-state index is -2.29. The summed E-state index contributed by atoms with van der Waals surface area (Å²) in [5, 5.41) is 0.569. The van der Waals surface area contributed by atoms with Crippen molar-refractivity contribution in [3.8, 4) is 11.5 Å². The fourth-order valence-corrected chi connectivity index (χ4v) is 1.83. The molecule has 1 heterocycles. The molecule has 1 unspecified atom stereocenters. The Morgan fingerprint density at radius 3 is 3.12 bits per heavy atom. The lowest BCUT2D eigenvalue weighted by Gasteiger charge is -2.27. The van der Waals surface area contributed by atoms with Crippen molar-refractivity contribution in [2.75, 3.05) is 13.2 Å². The van der Waals surface area contributed by atoms with Gasteiger partial charge in [-0.15, -0.1) is 0 Å². The molecule has 0 bridgehead atoms. The van der Waals surface area contributed by atoms with Gasteiger partial charge in [0.1, 0.15) is 12.7 Å². The highest BCUT2D eigenvalue weighted by Crippen LogP contribution is 2.33. The molecule has 0 fully saturated rings. The van der Waals surface area contributed by atoms with Gasteiger partial charge in [-0.2, -0.15) is 0 Å². The molecule has 2 rings (SSSR count). The number of hydrogen-bond donors (Lipinski definition) is 1. The lowest BCUT2D eigenvalue weighted by Crippen LogP contribution is -2.39. The summed E-state index contributed by atoms with van der Waals surface area (Å²) in [6, 6.07) is 5.04. The molecule has 0 amide bonds. The Balaban J connectivity index is 2.01. The van der Waals surface area contributed by atoms with Crippen molar-refractivity contribution in [2.45, 2.75) is 6.10 Å². The van der Waals surface area contributed by atoms with Gasteiger partial charge in [-0.05, 0) is 12.1 Å². The van der Waals surface area contributed by atoms with Gasteiger partial charge in [0.25, 0.3) is 0 Å². The lowest BCUT2D eigenvalue weighted by atomic mass is 10.2. The van der Waals surface area contributed by atoms with Crippen LogP contribution in [0, 0.1) is 0 Å². The Morgan fingerprint density at radius 2 is 2.38 bits per heavy atom. The molecule has 2 atom stereocenters. The SMILES string of the molecule is O=S([O-])NC[C@H]1COc2cc(Cl)ccc2O1. The highest BCUT2D eigenvalue weighted by molar-refractivity contribution is 7.77. The molecule has 1 aliphatic rings. The number of halogens is 1. The summed E-state index contributed by atoms with van der Waals surface area (Å²) in [5.41, 5.74) is 0. The number of ether oxygens (including phenoxy) is 2. The molecule has 0 aliphatic carbocycles. The average molecular weight is 263 g/mol. The van der Waals surface area contributed by atoms with Crippen molar-refractivity contribution in [3.05, 3.63) is 23.2 Å². The zero-order valence-corrected chi connectivity index (χ0v) is 9.72. The van der Waals surface area contributed by atoms with Crippen LogP contribution in [0.25, 0.3) is 0 Å². The van der Waals surface area contributed by atoms with E-state index in [0.717, 1.165) is 0 Å². The Morgan fingerprint density at radius 1 is 1.56 bits per heavy atom. The van der Waals surface area contributed by atoms with Crippen molar-refractivity contribution in [2.24, 2.45) is 0 Å². The van der Waals surface area contributed by atoms with Crippen molar-refractivity contribution >= 4 is 22.9 Å². The summed E-state index contributed by atoms with van der Waals surface area (Å²) in [6.45, 7) is 0.468. The zero-order valence-electron chi connectivity index (χ0n) is 8.14. The second-order valence-corrected chi connectivity index (χ2v) is 4.42. The fourth-order valence-electron chi connectivity index (χ4n) is 1.35. The summed E-state index contributed by atoms with van der Waals surface area (Å²) in [7, 11) is 0. The van der Waals surface area contributed by atoms with Gasteiger partial charge in [0, 0.05) is 28.9 Å². The molecule has 1 aromatic carbocycles. The molecule has 16 heavy (non-hydrogen) atoms. The average Bonchev–Trinajstić information content (AvgIpc) is 2.26. The molecule has 0 aromatic heterocycles. The van der Waals surface area contributed by atoms with Crippen molar-refractivity contribution in [1.82, 2.24) is 4.72 Å². The highest BCUT2D eigenvalue weighted by atomic mass is 35.5. The summed E-state index contributed by atoms with van der Waals surface area (Å²) in [5.74, 6) is 1.14. The van der Waals surface area contributed by atoms with E-state index in [0.29, 0.717) is 16.5 Å². The largest absolute Gasteiger partial charge is 0.760 e. The van der Waals surface area contributed by atoms with E-state index in [9.17, 15) is 8.76 Å². The minimum Gasteiger partial charge on any atom is -0.760 e. The van der Waals surface area contributed by atoms with E-state index in [-0.39, 0.29) is 19.3 Å². The smallest absolute Gasteiger partial charge is 0.162 e. The van der Waals surface area contributed by atoms with Crippen LogP contribution in [0.2, 0.25) is 5.02 Å². The van der Waals surface area contributed by atoms with Crippen LogP contribution in [0.3, 0.4) is 0 Å². The third-order valence-electron chi connectivity index (χ3n) is 2.05. The predicted octanol–water partition coefficient (Wildman–Crippen LogP) is 0.863. The molecule has 88 valence electrons. The van der Waals surface area contributed by atoms with E-state index < -0.39 is 11.3 Å². The second kappa shape index (κ2) is 5.01. The van der Waals surface area contributed by atoms with E-state index in [1.165, 1.54) is 0 Å². The molecule has 0 spiro atoms. The van der Waals surface area contributed by atoms with Gasteiger partial charge in [-0.25, -0.2) is 4.72 Å². The molecule has 7 heteroatoms. The Bertz CT molecular complexity index is 414. The van der Waals surface area contributed by atoms with Crippen LogP contribution in [0.4, 0.5) is 0 Å². The maximum absolute atomic E-state index is 10.3. The summed E-state index contributed by atoms with van der Waals surface area (Å²) < 4.78 is 33.8. The zero-order chi connectivity index (χ0) is 11.5. The van der Waals surface area contributed by atoms with Crippen LogP contribution >= 0.6 is 11.6 Å². The van der Waals surface area contributed by atoms with Crippen LogP contribution in [0.5, 0.6) is 11.5 Å². The summed E-state index contributed by atoms with van der Waals surface area (Å²) >= 11 is 3.50. The fraction of sp³-hybridized carbons (Fsp3) is 0.333. The van der Waals surface area contributed by atoms with E-state index in [4.69, 9.17) is 21.1 Å².